The summed E-state index contributed by atoms with van der Waals surface area (Å²) in [6.07, 6.45) is 4.00. The Bertz CT molecular complexity index is 807. The minimum atomic E-state index is -0.0587. The zero-order valence-electron chi connectivity index (χ0n) is 17.2. The third-order valence-corrected chi connectivity index (χ3v) is 5.14. The van der Waals surface area contributed by atoms with E-state index in [2.05, 4.69) is 41.2 Å². The molecule has 2 aromatic rings. The van der Waals surface area contributed by atoms with Crippen molar-refractivity contribution >= 4 is 11.9 Å². The van der Waals surface area contributed by atoms with Crippen molar-refractivity contribution in [2.24, 2.45) is 5.41 Å². The summed E-state index contributed by atoms with van der Waals surface area (Å²) in [5.41, 5.74) is 3.34. The van der Waals surface area contributed by atoms with Crippen molar-refractivity contribution in [2.45, 2.75) is 45.7 Å². The average Bonchev–Trinajstić information content (AvgIpc) is 2.65. The zero-order valence-corrected chi connectivity index (χ0v) is 17.2. The number of rotatable bonds is 7. The number of amides is 1. The fraction of sp³-hybridized carbons (Fsp3) is 0.500. The molecular formula is C22H30N4O2. The van der Waals surface area contributed by atoms with Gasteiger partial charge in [0.05, 0.1) is 18.3 Å². The lowest BCUT2D eigenvalue weighted by Crippen LogP contribution is -2.37. The molecule has 0 aliphatic heterocycles. The van der Waals surface area contributed by atoms with E-state index in [9.17, 15) is 4.79 Å². The van der Waals surface area contributed by atoms with Gasteiger partial charge in [-0.25, -0.2) is 9.97 Å². The quantitative estimate of drug-likeness (QED) is 0.796. The Morgan fingerprint density at radius 2 is 2.07 bits per heavy atom. The van der Waals surface area contributed by atoms with Gasteiger partial charge in [0.15, 0.2) is 0 Å². The van der Waals surface area contributed by atoms with Crippen molar-refractivity contribution in [3.05, 3.63) is 53.3 Å². The van der Waals surface area contributed by atoms with Gasteiger partial charge in [0.1, 0.15) is 0 Å². The van der Waals surface area contributed by atoms with Crippen LogP contribution in [0.25, 0.3) is 0 Å². The number of hydrogen-bond donors (Lipinski definition) is 1. The molecule has 1 aliphatic carbocycles. The van der Waals surface area contributed by atoms with Crippen LogP contribution in [0.4, 0.5) is 5.95 Å². The van der Waals surface area contributed by atoms with Crippen LogP contribution in [0.15, 0.2) is 36.5 Å². The molecule has 0 spiro atoms. The van der Waals surface area contributed by atoms with Crippen LogP contribution in [-0.4, -0.2) is 36.6 Å². The van der Waals surface area contributed by atoms with Crippen molar-refractivity contribution in [1.82, 2.24) is 15.3 Å². The van der Waals surface area contributed by atoms with Gasteiger partial charge < -0.3 is 15.0 Å². The number of carbonyl (C=O) groups excluding carboxylic acids is 1. The molecule has 150 valence electrons. The second-order valence-electron chi connectivity index (χ2n) is 8.32. The van der Waals surface area contributed by atoms with Gasteiger partial charge in [-0.1, -0.05) is 44.2 Å². The molecule has 1 aliphatic rings. The van der Waals surface area contributed by atoms with E-state index in [0.717, 1.165) is 30.6 Å². The molecule has 0 saturated carbocycles. The lowest BCUT2D eigenvalue weighted by molar-refractivity contribution is -0.123. The Balaban J connectivity index is 1.79. The normalized spacial score (nSPS) is 17.6. The molecule has 0 radical (unpaired) electrons. The van der Waals surface area contributed by atoms with Gasteiger partial charge in [0.2, 0.25) is 11.9 Å². The molecule has 28 heavy (non-hydrogen) atoms. The van der Waals surface area contributed by atoms with Crippen molar-refractivity contribution in [3.8, 4) is 0 Å². The number of ether oxygens (including phenoxy) is 1. The number of aromatic nitrogens is 2. The Hall–Kier alpha value is -2.47. The first-order chi connectivity index (χ1) is 13.4. The van der Waals surface area contributed by atoms with Crippen LogP contribution >= 0.6 is 0 Å². The van der Waals surface area contributed by atoms with E-state index < -0.39 is 0 Å². The molecular weight excluding hydrogens is 352 g/mol. The standard InChI is InChI=1S/C22H30N4O2/c1-22(2)12-18(24-20(27)10-11-28-4)17-14-23-21(25-19(17)13-22)26(3)15-16-8-6-5-7-9-16/h5-9,14,18H,10-13,15H2,1-4H3,(H,24,27)/t18-/m1/s1. The third kappa shape index (κ3) is 5.07. The second kappa shape index (κ2) is 8.69. The minimum absolute atomic E-state index is 0.000715. The lowest BCUT2D eigenvalue weighted by atomic mass is 9.74. The van der Waals surface area contributed by atoms with Gasteiger partial charge in [-0.05, 0) is 23.8 Å². The predicted molar refractivity (Wildman–Crippen MR) is 110 cm³/mol. The fourth-order valence-electron chi connectivity index (χ4n) is 3.74. The second-order valence-corrected chi connectivity index (χ2v) is 8.32. The van der Waals surface area contributed by atoms with Gasteiger partial charge in [-0.3, -0.25) is 4.79 Å². The zero-order chi connectivity index (χ0) is 20.1. The van der Waals surface area contributed by atoms with Crippen LogP contribution in [-0.2, 0) is 22.5 Å². The molecule has 0 fully saturated rings. The van der Waals surface area contributed by atoms with Gasteiger partial charge in [-0.2, -0.15) is 0 Å². The van der Waals surface area contributed by atoms with Crippen LogP contribution in [0.2, 0.25) is 0 Å². The van der Waals surface area contributed by atoms with E-state index >= 15 is 0 Å². The highest BCUT2D eigenvalue weighted by atomic mass is 16.5. The summed E-state index contributed by atoms with van der Waals surface area (Å²) in [7, 11) is 3.61. The van der Waals surface area contributed by atoms with Crippen LogP contribution in [0.5, 0.6) is 0 Å². The summed E-state index contributed by atoms with van der Waals surface area (Å²) >= 11 is 0. The number of nitrogens with zero attached hydrogens (tertiary/aromatic N) is 3. The first kappa shape index (κ1) is 20.3. The summed E-state index contributed by atoms with van der Waals surface area (Å²) < 4.78 is 5.01. The number of methoxy groups -OCH3 is 1. The number of fused-ring (bicyclic) bond motifs is 1. The number of benzene rings is 1. The molecule has 1 aromatic heterocycles. The monoisotopic (exact) mass is 382 g/mol. The summed E-state index contributed by atoms with van der Waals surface area (Å²) in [5.74, 6) is 0.713. The van der Waals surface area contributed by atoms with Crippen LogP contribution in [0.1, 0.15) is 49.6 Å². The first-order valence-electron chi connectivity index (χ1n) is 9.77. The molecule has 1 atom stereocenters. The van der Waals surface area contributed by atoms with E-state index in [1.165, 1.54) is 5.56 Å². The smallest absolute Gasteiger partial charge is 0.225 e. The SMILES string of the molecule is COCCC(=O)N[C@@H]1CC(C)(C)Cc2nc(N(C)Cc3ccccc3)ncc21. The Labute approximate surface area is 167 Å². The molecule has 1 N–H and O–H groups in total. The lowest BCUT2D eigenvalue weighted by Gasteiger charge is -2.36. The molecule has 0 unspecified atom stereocenters. The van der Waals surface area contributed by atoms with E-state index in [-0.39, 0.29) is 17.4 Å². The molecule has 1 aromatic carbocycles. The summed E-state index contributed by atoms with van der Waals surface area (Å²) in [4.78, 5) is 23.7. The highest BCUT2D eigenvalue weighted by Gasteiger charge is 2.34. The topological polar surface area (TPSA) is 67.3 Å². The van der Waals surface area contributed by atoms with Crippen LogP contribution < -0.4 is 10.2 Å². The molecule has 6 heteroatoms. The third-order valence-electron chi connectivity index (χ3n) is 5.14. The van der Waals surface area contributed by atoms with E-state index in [4.69, 9.17) is 9.72 Å². The molecule has 0 bridgehead atoms. The molecule has 3 rings (SSSR count). The molecule has 0 saturated heterocycles. The van der Waals surface area contributed by atoms with Crippen LogP contribution in [0, 0.1) is 5.41 Å². The van der Waals surface area contributed by atoms with E-state index in [1.54, 1.807) is 7.11 Å². The first-order valence-corrected chi connectivity index (χ1v) is 9.77. The number of anilines is 1. The average molecular weight is 383 g/mol. The van der Waals surface area contributed by atoms with Gasteiger partial charge in [0, 0.05) is 38.9 Å². The van der Waals surface area contributed by atoms with Crippen molar-refractivity contribution in [1.29, 1.82) is 0 Å². The largest absolute Gasteiger partial charge is 0.384 e. The molecule has 1 amide bonds. The van der Waals surface area contributed by atoms with Crippen molar-refractivity contribution in [2.75, 3.05) is 25.7 Å². The van der Waals surface area contributed by atoms with Gasteiger partial charge in [-0.15, -0.1) is 0 Å². The fourth-order valence-corrected chi connectivity index (χ4v) is 3.74. The maximum Gasteiger partial charge on any atom is 0.225 e. The maximum atomic E-state index is 12.2. The highest BCUT2D eigenvalue weighted by Crippen LogP contribution is 2.40. The highest BCUT2D eigenvalue weighted by molar-refractivity contribution is 5.76. The van der Waals surface area contributed by atoms with Gasteiger partial charge in [0.25, 0.3) is 0 Å². The maximum absolute atomic E-state index is 12.2. The Kier molecular flexibility index (Phi) is 6.29. The number of carbonyl (C=O) groups is 1. The number of nitrogens with one attached hydrogen (secondary N) is 1. The number of hydrogen-bond acceptors (Lipinski definition) is 5. The van der Waals surface area contributed by atoms with E-state index in [1.807, 2.05) is 31.4 Å². The summed E-state index contributed by atoms with van der Waals surface area (Å²) in [6, 6.07) is 10.2. The molecule has 1 heterocycles. The van der Waals surface area contributed by atoms with Crippen molar-refractivity contribution < 1.29 is 9.53 Å². The molecule has 6 nitrogen and oxygen atoms in total. The predicted octanol–water partition coefficient (Wildman–Crippen LogP) is 3.28. The summed E-state index contributed by atoms with van der Waals surface area (Å²) in [5, 5.41) is 3.14. The Morgan fingerprint density at radius 3 is 2.79 bits per heavy atom. The minimum Gasteiger partial charge on any atom is -0.384 e. The van der Waals surface area contributed by atoms with Crippen LogP contribution in [0.3, 0.4) is 0 Å². The Morgan fingerprint density at radius 1 is 1.32 bits per heavy atom. The summed E-state index contributed by atoms with van der Waals surface area (Å²) in [6.45, 7) is 5.62. The van der Waals surface area contributed by atoms with E-state index in [0.29, 0.717) is 19.0 Å². The van der Waals surface area contributed by atoms with Gasteiger partial charge >= 0.3 is 0 Å². The van der Waals surface area contributed by atoms with Crippen molar-refractivity contribution in [3.63, 3.8) is 0 Å².